The number of aliphatic carboxylic acids is 2. The molecule has 0 spiro atoms. The van der Waals surface area contributed by atoms with E-state index in [0.717, 1.165) is 21.6 Å². The van der Waals surface area contributed by atoms with E-state index in [0.29, 0.717) is 0 Å². The lowest BCUT2D eigenvalue weighted by Crippen LogP contribution is -2.70. The largest absolute Gasteiger partial charge is 0.478 e. The topological polar surface area (TPSA) is 124 Å². The number of carbonyl (C=O) groups excluding carboxylic acids is 2. The van der Waals surface area contributed by atoms with Crippen molar-refractivity contribution in [2.45, 2.75) is 16.3 Å². The van der Waals surface area contributed by atoms with Gasteiger partial charge in [0.1, 0.15) is 17.1 Å². The van der Waals surface area contributed by atoms with E-state index in [1.165, 1.54) is 11.8 Å². The number of carboxylic acids is 2. The predicted molar refractivity (Wildman–Crippen MR) is 94.5 cm³/mol. The van der Waals surface area contributed by atoms with Crippen molar-refractivity contribution < 1.29 is 29.4 Å². The number of carbonyl (C=O) groups is 4. The molecule has 1 aromatic rings. The number of fused-ring (bicyclic) bond motifs is 1. The molecule has 0 bridgehead atoms. The van der Waals surface area contributed by atoms with Gasteiger partial charge in [0.2, 0.25) is 5.91 Å². The molecule has 1 aromatic carbocycles. The third-order valence-corrected chi connectivity index (χ3v) is 6.15. The number of amides is 2. The van der Waals surface area contributed by atoms with Crippen molar-refractivity contribution in [2.75, 3.05) is 11.5 Å². The molecule has 1 saturated heterocycles. The minimum atomic E-state index is -1.47. The second kappa shape index (κ2) is 7.42. The van der Waals surface area contributed by atoms with Crippen molar-refractivity contribution in [3.63, 3.8) is 0 Å². The summed E-state index contributed by atoms with van der Waals surface area (Å²) in [5, 5.41) is 20.4. The Labute approximate surface area is 156 Å². The fraction of sp³-hybridized carbons (Fsp3) is 0.250. The van der Waals surface area contributed by atoms with E-state index >= 15 is 0 Å². The van der Waals surface area contributed by atoms with E-state index in [2.05, 4.69) is 5.32 Å². The fourth-order valence-corrected chi connectivity index (χ4v) is 4.73. The smallest absolute Gasteiger partial charge is 0.353 e. The summed E-state index contributed by atoms with van der Waals surface area (Å²) in [5.74, 6) is -3.72. The molecule has 1 fully saturated rings. The number of rotatable bonds is 6. The zero-order valence-electron chi connectivity index (χ0n) is 13.2. The van der Waals surface area contributed by atoms with Gasteiger partial charge < -0.3 is 15.5 Å². The van der Waals surface area contributed by atoms with Crippen LogP contribution in [0.5, 0.6) is 0 Å². The van der Waals surface area contributed by atoms with Crippen LogP contribution in [0.3, 0.4) is 0 Å². The maximum Gasteiger partial charge on any atom is 0.353 e. The summed E-state index contributed by atoms with van der Waals surface area (Å²) in [6.45, 7) is 0. The summed E-state index contributed by atoms with van der Waals surface area (Å²) in [6, 6.07) is 8.45. The Balaban J connectivity index is 1.64. The van der Waals surface area contributed by atoms with Gasteiger partial charge in [-0.2, -0.15) is 0 Å². The summed E-state index contributed by atoms with van der Waals surface area (Å²) in [7, 11) is 0. The minimum absolute atomic E-state index is 0.0451. The number of nitrogens with one attached hydrogen (secondary N) is 1. The molecule has 2 amide bonds. The number of nitrogens with zero attached hydrogens (tertiary/aromatic N) is 1. The molecule has 0 aromatic heterocycles. The van der Waals surface area contributed by atoms with E-state index in [-0.39, 0.29) is 23.0 Å². The van der Waals surface area contributed by atoms with E-state index in [1.54, 1.807) is 0 Å². The number of carboxylic acid groups (broad SMARTS) is 2. The van der Waals surface area contributed by atoms with Gasteiger partial charge in [-0.1, -0.05) is 18.2 Å². The Kier molecular flexibility index (Phi) is 5.23. The Morgan fingerprint density at radius 1 is 1.19 bits per heavy atom. The number of benzene rings is 1. The summed E-state index contributed by atoms with van der Waals surface area (Å²) in [5.41, 5.74) is -0.841. The van der Waals surface area contributed by atoms with Crippen LogP contribution in [0.15, 0.2) is 46.5 Å². The molecule has 10 heteroatoms. The first kappa shape index (κ1) is 18.3. The molecule has 2 aliphatic rings. The maximum atomic E-state index is 12.3. The Morgan fingerprint density at radius 3 is 2.50 bits per heavy atom. The zero-order chi connectivity index (χ0) is 18.8. The molecule has 2 heterocycles. The first-order valence-corrected chi connectivity index (χ1v) is 9.55. The molecule has 3 rings (SSSR count). The number of hydrogen-bond acceptors (Lipinski definition) is 6. The van der Waals surface area contributed by atoms with Crippen LogP contribution < -0.4 is 5.32 Å². The summed E-state index contributed by atoms with van der Waals surface area (Å²) in [4.78, 5) is 48.8. The molecule has 26 heavy (non-hydrogen) atoms. The fourth-order valence-electron chi connectivity index (χ4n) is 2.66. The molecule has 1 unspecified atom stereocenters. The van der Waals surface area contributed by atoms with Crippen molar-refractivity contribution in [1.82, 2.24) is 10.2 Å². The Hall–Kier alpha value is -2.46. The van der Waals surface area contributed by atoms with Gasteiger partial charge in [-0.05, 0) is 12.1 Å². The third-order valence-electron chi connectivity index (χ3n) is 3.86. The van der Waals surface area contributed by atoms with Crippen molar-refractivity contribution in [3.05, 3.63) is 41.6 Å². The van der Waals surface area contributed by atoms with Gasteiger partial charge in [0.05, 0.1) is 11.3 Å². The van der Waals surface area contributed by atoms with Crippen LogP contribution in [0.4, 0.5) is 0 Å². The number of hydrogen-bond donors (Lipinski definition) is 3. The monoisotopic (exact) mass is 394 g/mol. The predicted octanol–water partition coefficient (Wildman–Crippen LogP) is 0.602. The Morgan fingerprint density at radius 2 is 1.88 bits per heavy atom. The molecule has 136 valence electrons. The average molecular weight is 394 g/mol. The molecule has 2 aliphatic heterocycles. The van der Waals surface area contributed by atoms with Crippen LogP contribution in [0.25, 0.3) is 0 Å². The average Bonchev–Trinajstić information content (AvgIpc) is 2.63. The Bertz CT molecular complexity index is 810. The van der Waals surface area contributed by atoms with Gasteiger partial charge in [-0.3, -0.25) is 14.5 Å². The lowest BCUT2D eigenvalue weighted by atomic mass is 10.0. The summed E-state index contributed by atoms with van der Waals surface area (Å²) in [6.07, 6.45) is 0. The first-order valence-electron chi connectivity index (χ1n) is 7.51. The third kappa shape index (κ3) is 3.42. The van der Waals surface area contributed by atoms with Gasteiger partial charge in [0.25, 0.3) is 5.91 Å². The van der Waals surface area contributed by atoms with E-state index in [9.17, 15) is 24.3 Å². The molecule has 2 atom stereocenters. The standard InChI is InChI=1S/C16H14N2O6S2/c19-10(7-25-8-4-2-1-3-5-8)17-11-13(20)18-12(16(23)24)9(15(21)22)6-26-14(11)18/h1-5,11,14H,6-7H2,(H,17,19)(H,21,22)(H,23,24)/t11?,14-/m0/s1. The lowest BCUT2D eigenvalue weighted by Gasteiger charge is -2.48. The van der Waals surface area contributed by atoms with E-state index in [4.69, 9.17) is 5.11 Å². The van der Waals surface area contributed by atoms with Crippen LogP contribution >= 0.6 is 23.5 Å². The van der Waals surface area contributed by atoms with Crippen molar-refractivity contribution >= 4 is 47.3 Å². The highest BCUT2D eigenvalue weighted by Gasteiger charge is 2.54. The summed E-state index contributed by atoms with van der Waals surface area (Å²) < 4.78 is 0. The van der Waals surface area contributed by atoms with Crippen molar-refractivity contribution in [1.29, 1.82) is 0 Å². The zero-order valence-corrected chi connectivity index (χ0v) is 14.9. The molecule has 8 nitrogen and oxygen atoms in total. The molecular weight excluding hydrogens is 380 g/mol. The van der Waals surface area contributed by atoms with Crippen LogP contribution in [-0.2, 0) is 19.2 Å². The van der Waals surface area contributed by atoms with Gasteiger partial charge in [-0.15, -0.1) is 23.5 Å². The number of thioether (sulfide) groups is 2. The van der Waals surface area contributed by atoms with Gasteiger partial charge >= 0.3 is 11.9 Å². The normalized spacial score (nSPS) is 21.7. The van der Waals surface area contributed by atoms with Crippen LogP contribution in [-0.4, -0.2) is 61.8 Å². The molecule has 0 aliphatic carbocycles. The van der Waals surface area contributed by atoms with Crippen LogP contribution in [0, 0.1) is 0 Å². The minimum Gasteiger partial charge on any atom is -0.478 e. The van der Waals surface area contributed by atoms with Crippen molar-refractivity contribution in [2.24, 2.45) is 0 Å². The second-order valence-corrected chi connectivity index (χ2v) is 7.65. The van der Waals surface area contributed by atoms with Crippen LogP contribution in [0.1, 0.15) is 0 Å². The van der Waals surface area contributed by atoms with Crippen molar-refractivity contribution in [3.8, 4) is 0 Å². The van der Waals surface area contributed by atoms with Gasteiger partial charge in [0.15, 0.2) is 0 Å². The first-order chi connectivity index (χ1) is 12.4. The van der Waals surface area contributed by atoms with Crippen LogP contribution in [0.2, 0.25) is 0 Å². The SMILES string of the molecule is O=C(CSc1ccccc1)NC1C(=O)N2C(C(=O)O)=C(C(=O)O)CS[C@@H]12. The molecule has 3 N–H and O–H groups in total. The summed E-state index contributed by atoms with van der Waals surface area (Å²) >= 11 is 2.44. The maximum absolute atomic E-state index is 12.3. The highest BCUT2D eigenvalue weighted by Crippen LogP contribution is 2.40. The quantitative estimate of drug-likeness (QED) is 0.473. The molecular formula is C16H14N2O6S2. The lowest BCUT2D eigenvalue weighted by molar-refractivity contribution is -0.151. The second-order valence-electron chi connectivity index (χ2n) is 5.49. The highest BCUT2D eigenvalue weighted by atomic mass is 32.2. The van der Waals surface area contributed by atoms with E-state index < -0.39 is 35.0 Å². The molecule has 0 radical (unpaired) electrons. The highest BCUT2D eigenvalue weighted by molar-refractivity contribution is 8.00. The number of β-lactam (4-membered cyclic amide) rings is 1. The van der Waals surface area contributed by atoms with Gasteiger partial charge in [0, 0.05) is 10.6 Å². The molecule has 0 saturated carbocycles. The van der Waals surface area contributed by atoms with E-state index in [1.807, 2.05) is 30.3 Å². The van der Waals surface area contributed by atoms with Gasteiger partial charge in [-0.25, -0.2) is 9.59 Å².